The Morgan fingerprint density at radius 2 is 1.88 bits per heavy atom. The van der Waals surface area contributed by atoms with Crippen LogP contribution in [0.3, 0.4) is 0 Å². The van der Waals surface area contributed by atoms with Crippen molar-refractivity contribution in [3.05, 3.63) is 59.7 Å². The minimum atomic E-state index is -0.695. The maximum absolute atomic E-state index is 13.8. The third-order valence-electron chi connectivity index (χ3n) is 7.96. The van der Waals surface area contributed by atoms with Crippen molar-refractivity contribution in [3.8, 4) is 11.5 Å². The van der Waals surface area contributed by atoms with E-state index < -0.39 is 5.54 Å². The second kappa shape index (κ2) is 9.06. The van der Waals surface area contributed by atoms with Gasteiger partial charge in [-0.25, -0.2) is 0 Å². The van der Waals surface area contributed by atoms with Crippen molar-refractivity contribution in [1.29, 1.82) is 0 Å². The van der Waals surface area contributed by atoms with E-state index in [4.69, 9.17) is 9.73 Å². The van der Waals surface area contributed by atoms with Crippen molar-refractivity contribution in [2.75, 3.05) is 13.7 Å². The molecule has 0 spiro atoms. The van der Waals surface area contributed by atoms with Gasteiger partial charge in [-0.3, -0.25) is 14.7 Å². The second-order valence-corrected chi connectivity index (χ2v) is 10.6. The van der Waals surface area contributed by atoms with E-state index in [2.05, 4.69) is 42.4 Å². The minimum absolute atomic E-state index is 0.0434. The molecule has 6 nitrogen and oxygen atoms in total. The molecule has 2 N–H and O–H groups in total. The smallest absolute Gasteiger partial charge is 0.248 e. The van der Waals surface area contributed by atoms with Gasteiger partial charge in [0.2, 0.25) is 5.91 Å². The molecule has 1 amide bonds. The quantitative estimate of drug-likeness (QED) is 0.623. The zero-order valence-electron chi connectivity index (χ0n) is 20.3. The summed E-state index contributed by atoms with van der Waals surface area (Å²) in [5, 5.41) is 12.7. The number of nitrogens with zero attached hydrogens (tertiary/aromatic N) is 2. The van der Waals surface area contributed by atoms with Gasteiger partial charge in [0.1, 0.15) is 17.0 Å². The predicted molar refractivity (Wildman–Crippen MR) is 133 cm³/mol. The molecule has 1 aliphatic carbocycles. The van der Waals surface area contributed by atoms with Crippen molar-refractivity contribution < 1.29 is 14.6 Å². The van der Waals surface area contributed by atoms with E-state index >= 15 is 0 Å². The fraction of sp³-hybridized carbons (Fsp3) is 0.500. The summed E-state index contributed by atoms with van der Waals surface area (Å²) in [6.07, 6.45) is 3.91. The van der Waals surface area contributed by atoms with Crippen molar-refractivity contribution in [1.82, 2.24) is 10.2 Å². The summed E-state index contributed by atoms with van der Waals surface area (Å²) in [4.78, 5) is 21.3. The number of carbonyl (C=O) groups is 1. The van der Waals surface area contributed by atoms with E-state index in [0.29, 0.717) is 30.3 Å². The molecule has 2 aromatic carbocycles. The van der Waals surface area contributed by atoms with Crippen LogP contribution in [0.4, 0.5) is 0 Å². The first-order valence-corrected chi connectivity index (χ1v) is 12.4. The van der Waals surface area contributed by atoms with E-state index in [-0.39, 0.29) is 17.6 Å². The first kappa shape index (κ1) is 22.9. The molecule has 4 aliphatic rings. The lowest BCUT2D eigenvalue weighted by Crippen LogP contribution is -2.63. The molecule has 5 unspecified atom stereocenters. The number of likely N-dealkylation sites (tertiary alicyclic amines) is 1. The fourth-order valence-corrected chi connectivity index (χ4v) is 6.45. The number of methoxy groups -OCH3 is 1. The molecular weight excluding hydrogens is 426 g/mol. The Hall–Kier alpha value is -2.86. The molecular formula is C28H35N3O3. The van der Waals surface area contributed by atoms with Crippen LogP contribution >= 0.6 is 0 Å². The molecule has 0 radical (unpaired) electrons. The third kappa shape index (κ3) is 4.09. The number of nitrogens with one attached hydrogen (secondary N) is 1. The maximum atomic E-state index is 13.8. The first-order chi connectivity index (χ1) is 16.4. The molecule has 180 valence electrons. The molecule has 1 saturated carbocycles. The molecule has 34 heavy (non-hydrogen) atoms. The van der Waals surface area contributed by atoms with Crippen LogP contribution in [0.25, 0.3) is 0 Å². The average molecular weight is 462 g/mol. The van der Waals surface area contributed by atoms with Gasteiger partial charge in [0.05, 0.1) is 7.11 Å². The lowest BCUT2D eigenvalue weighted by Gasteiger charge is -2.51. The number of amides is 1. The lowest BCUT2D eigenvalue weighted by atomic mass is 9.59. The zero-order valence-corrected chi connectivity index (χ0v) is 20.3. The molecule has 3 heterocycles. The Labute approximate surface area is 202 Å². The fourth-order valence-electron chi connectivity index (χ4n) is 6.45. The Kier molecular flexibility index (Phi) is 6.11. The highest BCUT2D eigenvalue weighted by Gasteiger charge is 2.63. The number of carbonyl (C=O) groups excluding carboxylic acids is 1. The molecule has 2 fully saturated rings. The number of rotatable bonds is 8. The van der Waals surface area contributed by atoms with E-state index in [1.54, 1.807) is 19.2 Å². The van der Waals surface area contributed by atoms with Gasteiger partial charge >= 0.3 is 0 Å². The second-order valence-electron chi connectivity index (χ2n) is 10.6. The summed E-state index contributed by atoms with van der Waals surface area (Å²) in [5.74, 6) is 2.72. The molecule has 1 saturated heterocycles. The van der Waals surface area contributed by atoms with Gasteiger partial charge in [-0.1, -0.05) is 38.1 Å². The topological polar surface area (TPSA) is 74.2 Å². The monoisotopic (exact) mass is 461 g/mol. The Morgan fingerprint density at radius 1 is 1.18 bits per heavy atom. The molecule has 6 heteroatoms. The molecule has 6 rings (SSSR count). The van der Waals surface area contributed by atoms with Crippen LogP contribution in [0, 0.1) is 23.7 Å². The van der Waals surface area contributed by atoms with Crippen LogP contribution in [-0.2, 0) is 17.9 Å². The number of phenolic OH excluding ortho intramolecular Hbond substituents is 1. The Bertz CT molecular complexity index is 1050. The Balaban J connectivity index is 1.38. The normalized spacial score (nSPS) is 29.5. The third-order valence-corrected chi connectivity index (χ3v) is 7.96. The van der Waals surface area contributed by atoms with E-state index in [1.165, 1.54) is 5.56 Å². The van der Waals surface area contributed by atoms with Gasteiger partial charge in [0.25, 0.3) is 0 Å². The predicted octanol–water partition coefficient (Wildman–Crippen LogP) is 4.02. The summed E-state index contributed by atoms with van der Waals surface area (Å²) >= 11 is 0. The maximum Gasteiger partial charge on any atom is 0.248 e. The Morgan fingerprint density at radius 3 is 2.56 bits per heavy atom. The highest BCUT2D eigenvalue weighted by Crippen LogP contribution is 2.55. The zero-order chi connectivity index (χ0) is 23.9. The molecule has 5 atom stereocenters. The van der Waals surface area contributed by atoms with Gasteiger partial charge in [0, 0.05) is 43.7 Å². The van der Waals surface area contributed by atoms with Gasteiger partial charge in [0.15, 0.2) is 0 Å². The van der Waals surface area contributed by atoms with Crippen molar-refractivity contribution in [3.63, 3.8) is 0 Å². The lowest BCUT2D eigenvalue weighted by molar-refractivity contribution is -0.132. The van der Waals surface area contributed by atoms with Crippen LogP contribution in [0.5, 0.6) is 11.5 Å². The minimum Gasteiger partial charge on any atom is -0.508 e. The molecule has 3 aliphatic heterocycles. The largest absolute Gasteiger partial charge is 0.508 e. The summed E-state index contributed by atoms with van der Waals surface area (Å²) < 4.78 is 5.32. The van der Waals surface area contributed by atoms with Gasteiger partial charge in [-0.2, -0.15) is 0 Å². The van der Waals surface area contributed by atoms with Crippen LogP contribution in [0.1, 0.15) is 37.8 Å². The molecule has 0 aromatic heterocycles. The van der Waals surface area contributed by atoms with E-state index in [0.717, 1.165) is 37.2 Å². The number of ether oxygens (including phenoxy) is 1. The summed E-state index contributed by atoms with van der Waals surface area (Å²) in [6.45, 7) is 6.83. The van der Waals surface area contributed by atoms with E-state index in [1.807, 2.05) is 24.3 Å². The van der Waals surface area contributed by atoms with Crippen LogP contribution in [0.2, 0.25) is 0 Å². The van der Waals surface area contributed by atoms with Crippen LogP contribution < -0.4 is 10.1 Å². The van der Waals surface area contributed by atoms with Gasteiger partial charge in [-0.05, 0) is 60.1 Å². The van der Waals surface area contributed by atoms with Gasteiger partial charge in [-0.15, -0.1) is 0 Å². The van der Waals surface area contributed by atoms with Crippen molar-refractivity contribution in [2.24, 2.45) is 28.7 Å². The van der Waals surface area contributed by atoms with Crippen molar-refractivity contribution >= 4 is 12.1 Å². The number of hydrogen-bond donors (Lipinski definition) is 2. The highest BCUT2D eigenvalue weighted by atomic mass is 16.5. The number of aliphatic imine (C=N–C) groups is 1. The van der Waals surface area contributed by atoms with Gasteiger partial charge < -0.3 is 15.2 Å². The number of phenols is 1. The standard InChI is InChI=1S/C28H35N3O3/c1-18(2)12-25-26-24-15-30-28(25,27(33)29-14-19-4-8-22(32)9-5-19)13-21(24)17-31(26)16-20-6-10-23(34-3)11-7-20/h4-11,15,18,21,24-26,32H,12-14,16-17H2,1-3H3,(H,29,33). The molecule has 4 bridgehead atoms. The SMILES string of the molecule is COc1ccc(CN2CC3CC4(C(=O)NCc5ccc(O)cc5)N=CC3C2C4CC(C)C)cc1. The van der Waals surface area contributed by atoms with E-state index in [9.17, 15) is 9.90 Å². The van der Waals surface area contributed by atoms with Crippen molar-refractivity contribution in [2.45, 2.75) is 51.4 Å². The number of benzene rings is 2. The summed E-state index contributed by atoms with van der Waals surface area (Å²) in [6, 6.07) is 15.7. The highest BCUT2D eigenvalue weighted by molar-refractivity contribution is 5.91. The number of aromatic hydroxyl groups is 1. The first-order valence-electron chi connectivity index (χ1n) is 12.4. The van der Waals surface area contributed by atoms with Crippen LogP contribution in [0.15, 0.2) is 53.5 Å². The van der Waals surface area contributed by atoms with Crippen LogP contribution in [-0.4, -0.2) is 47.4 Å². The molecule has 2 aromatic rings. The average Bonchev–Trinajstić information content (AvgIpc) is 3.13. The summed E-state index contributed by atoms with van der Waals surface area (Å²) in [7, 11) is 1.69. The number of hydrogen-bond acceptors (Lipinski definition) is 5. The summed E-state index contributed by atoms with van der Waals surface area (Å²) in [5.41, 5.74) is 1.55.